The van der Waals surface area contributed by atoms with Gasteiger partial charge in [0.2, 0.25) is 5.91 Å². The van der Waals surface area contributed by atoms with Crippen LogP contribution in [0, 0.1) is 6.92 Å². The molecule has 0 heterocycles. The summed E-state index contributed by atoms with van der Waals surface area (Å²) in [7, 11) is 0. The van der Waals surface area contributed by atoms with Crippen LogP contribution in [0.15, 0.2) is 78.9 Å². The highest BCUT2D eigenvalue weighted by Crippen LogP contribution is 2.23. The SMILES string of the molecule is CC(=O)Nc1cccc(C(=O)N[C@@H](c2ccccc2)c2ccc(C)cc2)c1. The Labute approximate surface area is 159 Å². The minimum Gasteiger partial charge on any atom is -0.341 e. The van der Waals surface area contributed by atoms with Crippen LogP contribution < -0.4 is 10.6 Å². The molecule has 0 saturated carbocycles. The highest BCUT2D eigenvalue weighted by molar-refractivity contribution is 5.97. The first-order chi connectivity index (χ1) is 13.0. The van der Waals surface area contributed by atoms with E-state index in [0.29, 0.717) is 11.3 Å². The van der Waals surface area contributed by atoms with Crippen molar-refractivity contribution in [2.24, 2.45) is 0 Å². The number of hydrogen-bond acceptors (Lipinski definition) is 2. The first kappa shape index (κ1) is 18.4. The summed E-state index contributed by atoms with van der Waals surface area (Å²) in [5, 5.41) is 5.82. The van der Waals surface area contributed by atoms with Crippen molar-refractivity contribution in [2.75, 3.05) is 5.32 Å². The van der Waals surface area contributed by atoms with E-state index in [1.165, 1.54) is 12.5 Å². The highest BCUT2D eigenvalue weighted by Gasteiger charge is 2.18. The number of anilines is 1. The van der Waals surface area contributed by atoms with Crippen LogP contribution in [0.1, 0.15) is 40.0 Å². The molecule has 4 nitrogen and oxygen atoms in total. The third-order valence-corrected chi connectivity index (χ3v) is 4.26. The molecule has 4 heteroatoms. The lowest BCUT2D eigenvalue weighted by Gasteiger charge is -2.20. The zero-order valence-corrected chi connectivity index (χ0v) is 15.4. The summed E-state index contributed by atoms with van der Waals surface area (Å²) in [6, 6.07) is 24.7. The fourth-order valence-electron chi connectivity index (χ4n) is 2.92. The minimum absolute atomic E-state index is 0.172. The van der Waals surface area contributed by atoms with E-state index < -0.39 is 0 Å². The molecule has 0 bridgehead atoms. The lowest BCUT2D eigenvalue weighted by Crippen LogP contribution is -2.29. The molecular formula is C23H22N2O2. The lowest BCUT2D eigenvalue weighted by molar-refractivity contribution is -0.114. The summed E-state index contributed by atoms with van der Waals surface area (Å²) in [4.78, 5) is 24.1. The number of amides is 2. The number of benzene rings is 3. The van der Waals surface area contributed by atoms with E-state index in [4.69, 9.17) is 0 Å². The van der Waals surface area contributed by atoms with Gasteiger partial charge in [0.05, 0.1) is 6.04 Å². The Bertz CT molecular complexity index is 934. The predicted octanol–water partition coefficient (Wildman–Crippen LogP) is 4.47. The van der Waals surface area contributed by atoms with Gasteiger partial charge >= 0.3 is 0 Å². The maximum Gasteiger partial charge on any atom is 0.252 e. The first-order valence-electron chi connectivity index (χ1n) is 8.83. The van der Waals surface area contributed by atoms with Crippen molar-refractivity contribution in [3.05, 3.63) is 101 Å². The molecular weight excluding hydrogens is 336 g/mol. The van der Waals surface area contributed by atoms with Gasteiger partial charge in [-0.1, -0.05) is 66.2 Å². The van der Waals surface area contributed by atoms with Crippen LogP contribution in [0.3, 0.4) is 0 Å². The van der Waals surface area contributed by atoms with E-state index in [-0.39, 0.29) is 17.9 Å². The number of rotatable bonds is 5. The first-order valence-corrected chi connectivity index (χ1v) is 8.83. The maximum absolute atomic E-state index is 12.9. The molecule has 0 aliphatic heterocycles. The minimum atomic E-state index is -0.260. The van der Waals surface area contributed by atoms with Crippen LogP contribution >= 0.6 is 0 Å². The van der Waals surface area contributed by atoms with Crippen molar-refractivity contribution >= 4 is 17.5 Å². The lowest BCUT2D eigenvalue weighted by atomic mass is 9.97. The third-order valence-electron chi connectivity index (χ3n) is 4.26. The van der Waals surface area contributed by atoms with Crippen molar-refractivity contribution in [2.45, 2.75) is 19.9 Å². The largest absolute Gasteiger partial charge is 0.341 e. The zero-order chi connectivity index (χ0) is 19.2. The molecule has 3 aromatic rings. The Morgan fingerprint density at radius 1 is 0.815 bits per heavy atom. The van der Waals surface area contributed by atoms with Gasteiger partial charge in [0.15, 0.2) is 0 Å². The van der Waals surface area contributed by atoms with Crippen LogP contribution in [-0.4, -0.2) is 11.8 Å². The van der Waals surface area contributed by atoms with Crippen LogP contribution in [-0.2, 0) is 4.79 Å². The molecule has 0 saturated heterocycles. The van der Waals surface area contributed by atoms with E-state index in [1.807, 2.05) is 61.5 Å². The van der Waals surface area contributed by atoms with E-state index in [9.17, 15) is 9.59 Å². The number of nitrogens with one attached hydrogen (secondary N) is 2. The smallest absolute Gasteiger partial charge is 0.252 e. The standard InChI is InChI=1S/C23H22N2O2/c1-16-11-13-19(14-12-16)22(18-7-4-3-5-8-18)25-23(27)20-9-6-10-21(15-20)24-17(2)26/h3-15,22H,1-2H3,(H,24,26)(H,25,27)/t22-/m0/s1. The van der Waals surface area contributed by atoms with Crippen molar-refractivity contribution in [3.8, 4) is 0 Å². The van der Waals surface area contributed by atoms with E-state index in [0.717, 1.165) is 11.1 Å². The van der Waals surface area contributed by atoms with Crippen molar-refractivity contribution < 1.29 is 9.59 Å². The summed E-state index contributed by atoms with van der Waals surface area (Å²) in [6.07, 6.45) is 0. The van der Waals surface area contributed by atoms with Gasteiger partial charge in [0.1, 0.15) is 0 Å². The van der Waals surface area contributed by atoms with Crippen LogP contribution in [0.2, 0.25) is 0 Å². The molecule has 0 radical (unpaired) electrons. The Morgan fingerprint density at radius 2 is 1.48 bits per heavy atom. The third kappa shape index (κ3) is 4.82. The van der Waals surface area contributed by atoms with Gasteiger partial charge in [-0.2, -0.15) is 0 Å². The van der Waals surface area contributed by atoms with E-state index in [2.05, 4.69) is 10.6 Å². The highest BCUT2D eigenvalue weighted by atomic mass is 16.2. The molecule has 136 valence electrons. The van der Waals surface area contributed by atoms with Crippen LogP contribution in [0.4, 0.5) is 5.69 Å². The second-order valence-electron chi connectivity index (χ2n) is 6.49. The molecule has 2 N–H and O–H groups in total. The van der Waals surface area contributed by atoms with E-state index in [1.54, 1.807) is 24.3 Å². The second kappa shape index (κ2) is 8.32. The van der Waals surface area contributed by atoms with Crippen molar-refractivity contribution in [3.63, 3.8) is 0 Å². The molecule has 0 fully saturated rings. The molecule has 3 aromatic carbocycles. The summed E-state index contributed by atoms with van der Waals surface area (Å²) < 4.78 is 0. The summed E-state index contributed by atoms with van der Waals surface area (Å²) in [5.74, 6) is -0.369. The van der Waals surface area contributed by atoms with Gasteiger partial charge in [-0.15, -0.1) is 0 Å². The fraction of sp³-hybridized carbons (Fsp3) is 0.130. The Morgan fingerprint density at radius 3 is 2.15 bits per heavy atom. The predicted molar refractivity (Wildman–Crippen MR) is 108 cm³/mol. The molecule has 1 atom stereocenters. The van der Waals surface area contributed by atoms with Crippen LogP contribution in [0.25, 0.3) is 0 Å². The number of carbonyl (C=O) groups is 2. The topological polar surface area (TPSA) is 58.2 Å². The van der Waals surface area contributed by atoms with Gasteiger partial charge in [0.25, 0.3) is 5.91 Å². The monoisotopic (exact) mass is 358 g/mol. The van der Waals surface area contributed by atoms with Gasteiger partial charge in [-0.05, 0) is 36.2 Å². The number of aryl methyl sites for hydroxylation is 1. The number of hydrogen-bond donors (Lipinski definition) is 2. The average molecular weight is 358 g/mol. The molecule has 2 amide bonds. The van der Waals surface area contributed by atoms with Crippen LogP contribution in [0.5, 0.6) is 0 Å². The van der Waals surface area contributed by atoms with E-state index >= 15 is 0 Å². The number of carbonyl (C=O) groups excluding carboxylic acids is 2. The summed E-state index contributed by atoms with van der Waals surface area (Å²) in [6.45, 7) is 3.48. The van der Waals surface area contributed by atoms with Gasteiger partial charge in [-0.25, -0.2) is 0 Å². The zero-order valence-electron chi connectivity index (χ0n) is 15.4. The summed E-state index contributed by atoms with van der Waals surface area (Å²) >= 11 is 0. The molecule has 0 aliphatic rings. The Balaban J connectivity index is 1.89. The molecule has 0 unspecified atom stereocenters. The molecule has 0 spiro atoms. The normalized spacial score (nSPS) is 11.5. The molecule has 3 rings (SSSR count). The molecule has 0 aromatic heterocycles. The Hall–Kier alpha value is -3.40. The fourth-order valence-corrected chi connectivity index (χ4v) is 2.92. The Kier molecular flexibility index (Phi) is 5.67. The average Bonchev–Trinajstić information content (AvgIpc) is 2.67. The van der Waals surface area contributed by atoms with Crippen molar-refractivity contribution in [1.82, 2.24) is 5.32 Å². The van der Waals surface area contributed by atoms with Gasteiger partial charge < -0.3 is 10.6 Å². The second-order valence-corrected chi connectivity index (χ2v) is 6.49. The van der Waals surface area contributed by atoms with Gasteiger partial charge in [-0.3, -0.25) is 9.59 Å². The van der Waals surface area contributed by atoms with Crippen molar-refractivity contribution in [1.29, 1.82) is 0 Å². The molecule has 0 aliphatic carbocycles. The maximum atomic E-state index is 12.9. The molecule has 27 heavy (non-hydrogen) atoms. The quantitative estimate of drug-likeness (QED) is 0.707. The van der Waals surface area contributed by atoms with Gasteiger partial charge in [0, 0.05) is 18.2 Å². The summed E-state index contributed by atoms with van der Waals surface area (Å²) in [5.41, 5.74) is 4.28.